The maximum absolute atomic E-state index is 2.67. The van der Waals surface area contributed by atoms with Gasteiger partial charge in [-0.1, -0.05) is 25.3 Å². The van der Waals surface area contributed by atoms with Crippen LogP contribution in [0.2, 0.25) is 0 Å². The molecule has 122 valence electrons. The minimum Gasteiger partial charge on any atom is -0.334 e. The molecule has 1 saturated carbocycles. The molecule has 1 aromatic heterocycles. The topological polar surface area (TPSA) is 9.37 Å². The molecule has 0 bridgehead atoms. The second-order valence-corrected chi connectivity index (χ2v) is 8.17. The van der Waals surface area contributed by atoms with E-state index >= 15 is 0 Å². The fourth-order valence-electron chi connectivity index (χ4n) is 5.62. The minimum absolute atomic E-state index is 0.748. The summed E-state index contributed by atoms with van der Waals surface area (Å²) < 4.78 is 2.67. The largest absolute Gasteiger partial charge is 0.334 e. The maximum Gasteiger partial charge on any atom is 0.128 e. The van der Waals surface area contributed by atoms with Crippen molar-refractivity contribution in [3.63, 3.8) is 0 Å². The third-order valence-electron chi connectivity index (χ3n) is 6.89. The molecule has 0 amide bonds. The molecule has 2 atom stereocenters. The number of quaternary nitrogens is 1. The van der Waals surface area contributed by atoms with E-state index in [0.717, 1.165) is 12.0 Å². The van der Waals surface area contributed by atoms with Crippen LogP contribution in [0.25, 0.3) is 10.9 Å². The molecule has 2 heterocycles. The first-order valence-corrected chi connectivity index (χ1v) is 9.80. The second-order valence-electron chi connectivity index (χ2n) is 8.17. The lowest BCUT2D eigenvalue weighted by atomic mass is 9.83. The third-order valence-corrected chi connectivity index (χ3v) is 6.89. The Morgan fingerprint density at radius 2 is 1.91 bits per heavy atom. The van der Waals surface area contributed by atoms with E-state index in [2.05, 4.69) is 29.8 Å². The van der Waals surface area contributed by atoms with Gasteiger partial charge in [0.2, 0.25) is 0 Å². The summed E-state index contributed by atoms with van der Waals surface area (Å²) in [6.45, 7) is 2.49. The van der Waals surface area contributed by atoms with Gasteiger partial charge in [0.15, 0.2) is 0 Å². The highest BCUT2D eigenvalue weighted by atomic mass is 15.2. The van der Waals surface area contributed by atoms with Crippen LogP contribution >= 0.6 is 0 Å². The Kier molecular flexibility index (Phi) is 3.29. The molecule has 1 aliphatic heterocycles. The summed E-state index contributed by atoms with van der Waals surface area (Å²) >= 11 is 0. The Bertz CT molecular complexity index is 736. The lowest BCUT2D eigenvalue weighted by Crippen LogP contribution is -3.10. The van der Waals surface area contributed by atoms with Gasteiger partial charge in [-0.15, -0.1) is 0 Å². The zero-order valence-electron chi connectivity index (χ0n) is 14.4. The standard InChI is InChI=1S/C21H28N2/c1-22-12-13-23-19-11-10-16(15-6-3-2-4-7-15)14-18(19)17-8-5-9-20(22)21(17)23/h10-11,14-15,20H,2-9,12-13H2,1H3/p+1/t20-/m1/s1. The first-order chi connectivity index (χ1) is 11.3. The van der Waals surface area contributed by atoms with Crippen LogP contribution in [0.4, 0.5) is 0 Å². The molecule has 1 aromatic carbocycles. The van der Waals surface area contributed by atoms with Gasteiger partial charge in [0.1, 0.15) is 6.04 Å². The van der Waals surface area contributed by atoms with E-state index in [1.165, 1.54) is 70.0 Å². The highest BCUT2D eigenvalue weighted by Gasteiger charge is 2.36. The van der Waals surface area contributed by atoms with Crippen molar-refractivity contribution < 1.29 is 4.90 Å². The number of fused-ring (bicyclic) bond motifs is 3. The van der Waals surface area contributed by atoms with Gasteiger partial charge in [-0.2, -0.15) is 0 Å². The van der Waals surface area contributed by atoms with Crippen LogP contribution in [-0.2, 0) is 13.0 Å². The third kappa shape index (κ3) is 2.11. The average Bonchev–Trinajstić information content (AvgIpc) is 2.94. The lowest BCUT2D eigenvalue weighted by Gasteiger charge is -2.34. The van der Waals surface area contributed by atoms with Crippen molar-refractivity contribution >= 4 is 10.9 Å². The number of likely N-dealkylation sites (N-methyl/N-ethyl adjacent to an activating group) is 1. The molecule has 5 rings (SSSR count). The van der Waals surface area contributed by atoms with Crippen molar-refractivity contribution in [2.75, 3.05) is 13.6 Å². The maximum atomic E-state index is 2.67. The van der Waals surface area contributed by atoms with Crippen molar-refractivity contribution in [2.45, 2.75) is 69.9 Å². The van der Waals surface area contributed by atoms with Crippen LogP contribution in [0.3, 0.4) is 0 Å². The second kappa shape index (κ2) is 5.37. The van der Waals surface area contributed by atoms with Gasteiger partial charge in [0.05, 0.1) is 25.8 Å². The molecule has 23 heavy (non-hydrogen) atoms. The van der Waals surface area contributed by atoms with E-state index in [1.807, 2.05) is 0 Å². The molecule has 2 nitrogen and oxygen atoms in total. The molecule has 1 fully saturated rings. The number of nitrogens with zero attached hydrogens (tertiary/aromatic N) is 1. The molecule has 0 saturated heterocycles. The molecule has 1 unspecified atom stereocenters. The Hall–Kier alpha value is -1.28. The van der Waals surface area contributed by atoms with E-state index in [9.17, 15) is 0 Å². The fraction of sp³-hybridized carbons (Fsp3) is 0.619. The molecule has 0 radical (unpaired) electrons. The normalized spacial score (nSPS) is 28.0. The van der Waals surface area contributed by atoms with Gasteiger partial charge in [0, 0.05) is 17.3 Å². The summed E-state index contributed by atoms with van der Waals surface area (Å²) in [5.41, 5.74) is 6.54. The number of rotatable bonds is 1. The van der Waals surface area contributed by atoms with Crippen molar-refractivity contribution in [1.82, 2.24) is 4.57 Å². The molecule has 3 aliphatic rings. The Morgan fingerprint density at radius 1 is 1.04 bits per heavy atom. The highest BCUT2D eigenvalue weighted by molar-refractivity contribution is 5.87. The molecular weight excluding hydrogens is 280 g/mol. The molecule has 1 N–H and O–H groups in total. The molecule has 2 aliphatic carbocycles. The summed E-state index contributed by atoms with van der Waals surface area (Å²) in [7, 11) is 2.40. The summed E-state index contributed by atoms with van der Waals surface area (Å²) in [5.74, 6) is 0.824. The summed E-state index contributed by atoms with van der Waals surface area (Å²) in [6.07, 6.45) is 11.2. The van der Waals surface area contributed by atoms with Crippen molar-refractivity contribution in [2.24, 2.45) is 0 Å². The van der Waals surface area contributed by atoms with Crippen molar-refractivity contribution in [3.8, 4) is 0 Å². The smallest absolute Gasteiger partial charge is 0.128 e. The predicted octanol–water partition coefficient (Wildman–Crippen LogP) is 3.59. The van der Waals surface area contributed by atoms with E-state index in [-0.39, 0.29) is 0 Å². The van der Waals surface area contributed by atoms with Crippen LogP contribution in [0.15, 0.2) is 18.2 Å². The number of aromatic nitrogens is 1. The number of benzene rings is 1. The van der Waals surface area contributed by atoms with Gasteiger partial charge >= 0.3 is 0 Å². The monoisotopic (exact) mass is 309 g/mol. The van der Waals surface area contributed by atoms with Gasteiger partial charge in [0.25, 0.3) is 0 Å². The first-order valence-electron chi connectivity index (χ1n) is 9.80. The fourth-order valence-corrected chi connectivity index (χ4v) is 5.62. The first kappa shape index (κ1) is 14.1. The Balaban J connectivity index is 1.66. The molecule has 2 aromatic rings. The quantitative estimate of drug-likeness (QED) is 0.824. The zero-order valence-corrected chi connectivity index (χ0v) is 14.4. The van der Waals surface area contributed by atoms with Crippen LogP contribution in [-0.4, -0.2) is 18.2 Å². The summed E-state index contributed by atoms with van der Waals surface area (Å²) in [6, 6.07) is 8.24. The van der Waals surface area contributed by atoms with Crippen LogP contribution in [0.1, 0.15) is 73.7 Å². The Labute approximate surface area is 139 Å². The highest BCUT2D eigenvalue weighted by Crippen LogP contribution is 2.40. The van der Waals surface area contributed by atoms with Crippen molar-refractivity contribution in [3.05, 3.63) is 35.0 Å². The van der Waals surface area contributed by atoms with E-state index in [4.69, 9.17) is 0 Å². The molecular formula is C21H29N2+. The van der Waals surface area contributed by atoms with E-state index in [1.54, 1.807) is 27.1 Å². The van der Waals surface area contributed by atoms with Crippen molar-refractivity contribution in [1.29, 1.82) is 0 Å². The van der Waals surface area contributed by atoms with Gasteiger partial charge < -0.3 is 9.47 Å². The van der Waals surface area contributed by atoms with Crippen LogP contribution in [0.5, 0.6) is 0 Å². The van der Waals surface area contributed by atoms with Gasteiger partial charge in [-0.25, -0.2) is 0 Å². The Morgan fingerprint density at radius 3 is 2.78 bits per heavy atom. The average molecular weight is 309 g/mol. The zero-order chi connectivity index (χ0) is 15.4. The van der Waals surface area contributed by atoms with E-state index in [0.29, 0.717) is 0 Å². The van der Waals surface area contributed by atoms with E-state index < -0.39 is 0 Å². The molecule has 0 spiro atoms. The number of hydrogen-bond donors (Lipinski definition) is 1. The van der Waals surface area contributed by atoms with Crippen LogP contribution in [0, 0.1) is 0 Å². The van der Waals surface area contributed by atoms with Crippen LogP contribution < -0.4 is 4.90 Å². The predicted molar refractivity (Wildman–Crippen MR) is 95.2 cm³/mol. The summed E-state index contributed by atoms with van der Waals surface area (Å²) in [4.78, 5) is 1.73. The summed E-state index contributed by atoms with van der Waals surface area (Å²) in [5, 5.41) is 1.60. The number of hydrogen-bond acceptors (Lipinski definition) is 0. The number of aryl methyl sites for hydroxylation is 1. The van der Waals surface area contributed by atoms with Gasteiger partial charge in [-0.3, -0.25) is 0 Å². The minimum atomic E-state index is 0.748. The lowest BCUT2D eigenvalue weighted by molar-refractivity contribution is -0.917. The molecule has 2 heteroatoms. The number of nitrogens with one attached hydrogen (secondary N) is 1. The van der Waals surface area contributed by atoms with Gasteiger partial charge in [-0.05, 0) is 54.9 Å². The SMILES string of the molecule is C[NH+]1CCn2c3c(c4cc(C5CCCCC5)ccc42)CCC[C@H]31.